The van der Waals surface area contributed by atoms with Crippen LogP contribution in [0, 0.1) is 0 Å². The lowest BCUT2D eigenvalue weighted by Crippen LogP contribution is -2.27. The smallest absolute Gasteiger partial charge is 0.334 e. The van der Waals surface area contributed by atoms with Gasteiger partial charge in [0.05, 0.1) is 5.57 Å². The van der Waals surface area contributed by atoms with Crippen LogP contribution in [0.2, 0.25) is 0 Å². The van der Waals surface area contributed by atoms with Crippen LogP contribution >= 0.6 is 0 Å². The molecule has 0 saturated carbocycles. The molecule has 1 unspecified atom stereocenters. The molecule has 2 N–H and O–H groups in total. The normalized spacial score (nSPS) is 21.7. The maximum atomic E-state index is 10.5. The van der Waals surface area contributed by atoms with Gasteiger partial charge in [0.25, 0.3) is 0 Å². The highest BCUT2D eigenvalue weighted by Crippen LogP contribution is 2.12. The average molecular weight is 169 g/mol. The van der Waals surface area contributed by atoms with Crippen molar-refractivity contribution in [2.24, 2.45) is 4.99 Å². The molecule has 0 bridgehead atoms. The summed E-state index contributed by atoms with van der Waals surface area (Å²) >= 11 is 0. The Morgan fingerprint density at radius 2 is 2.17 bits per heavy atom. The van der Waals surface area contributed by atoms with Crippen molar-refractivity contribution in [1.29, 1.82) is 0 Å². The van der Waals surface area contributed by atoms with E-state index in [4.69, 9.17) is 10.2 Å². The topological polar surface area (TPSA) is 87.0 Å². The van der Waals surface area contributed by atoms with Crippen LogP contribution in [0.1, 0.15) is 6.42 Å². The van der Waals surface area contributed by atoms with Crippen molar-refractivity contribution in [3.63, 3.8) is 0 Å². The first-order valence-electron chi connectivity index (χ1n) is 3.30. The monoisotopic (exact) mass is 169 g/mol. The highest BCUT2D eigenvalue weighted by Gasteiger charge is 2.27. The lowest BCUT2D eigenvalue weighted by molar-refractivity contribution is -0.140. The second-order valence-electron chi connectivity index (χ2n) is 2.27. The summed E-state index contributed by atoms with van der Waals surface area (Å²) in [5, 5.41) is 17.1. The van der Waals surface area contributed by atoms with Crippen LogP contribution < -0.4 is 0 Å². The van der Waals surface area contributed by atoms with Gasteiger partial charge in [0.15, 0.2) is 6.04 Å². The van der Waals surface area contributed by atoms with Crippen molar-refractivity contribution in [2.75, 3.05) is 0 Å². The molecule has 0 aliphatic carbocycles. The van der Waals surface area contributed by atoms with E-state index in [0.717, 1.165) is 0 Å². The molecule has 1 aliphatic rings. The summed E-state index contributed by atoms with van der Waals surface area (Å²) in [5.74, 6) is -2.46. The number of hydrogen-bond donors (Lipinski definition) is 2. The number of nitrogens with zero attached hydrogens (tertiary/aromatic N) is 1. The fraction of sp³-hybridized carbons (Fsp3) is 0.286. The molecule has 0 aromatic carbocycles. The Morgan fingerprint density at radius 3 is 2.58 bits per heavy atom. The molecular weight excluding hydrogens is 162 g/mol. The van der Waals surface area contributed by atoms with Crippen LogP contribution in [0.25, 0.3) is 0 Å². The highest BCUT2D eigenvalue weighted by atomic mass is 16.4. The van der Waals surface area contributed by atoms with Crippen LogP contribution in [0.3, 0.4) is 0 Å². The standard InChI is InChI=1S/C7H7NO4/c9-6(10)4-2-1-3-8-5(4)7(11)12/h2-3,5H,1H2,(H,9,10)(H,11,12). The summed E-state index contributed by atoms with van der Waals surface area (Å²) in [6, 6.07) is -1.24. The predicted molar refractivity (Wildman–Crippen MR) is 40.3 cm³/mol. The first kappa shape index (κ1) is 8.45. The number of dihydropyridines is 1. The van der Waals surface area contributed by atoms with Crippen LogP contribution in [-0.4, -0.2) is 34.4 Å². The molecule has 5 nitrogen and oxygen atoms in total. The number of carbonyl (C=O) groups is 2. The molecule has 0 saturated heterocycles. The lowest BCUT2D eigenvalue weighted by atomic mass is 10.0. The highest BCUT2D eigenvalue weighted by molar-refractivity contribution is 5.98. The molecule has 5 heteroatoms. The van der Waals surface area contributed by atoms with Crippen LogP contribution in [0.4, 0.5) is 0 Å². The third-order valence-corrected chi connectivity index (χ3v) is 1.47. The van der Waals surface area contributed by atoms with Crippen molar-refractivity contribution < 1.29 is 19.8 Å². The van der Waals surface area contributed by atoms with E-state index in [1.165, 1.54) is 12.3 Å². The summed E-state index contributed by atoms with van der Waals surface area (Å²) in [5.41, 5.74) is -0.162. The fourth-order valence-corrected chi connectivity index (χ4v) is 0.939. The molecule has 12 heavy (non-hydrogen) atoms. The van der Waals surface area contributed by atoms with E-state index in [9.17, 15) is 9.59 Å². The van der Waals surface area contributed by atoms with Gasteiger partial charge in [0.1, 0.15) is 0 Å². The Morgan fingerprint density at radius 1 is 1.50 bits per heavy atom. The number of carboxylic acid groups (broad SMARTS) is 2. The summed E-state index contributed by atoms with van der Waals surface area (Å²) < 4.78 is 0. The van der Waals surface area contributed by atoms with E-state index in [-0.39, 0.29) is 5.57 Å². The Labute approximate surface area is 68.0 Å². The maximum Gasteiger partial charge on any atom is 0.334 e. The van der Waals surface area contributed by atoms with Gasteiger partial charge >= 0.3 is 11.9 Å². The Kier molecular flexibility index (Phi) is 2.23. The molecule has 0 amide bonds. The molecule has 1 rings (SSSR count). The third kappa shape index (κ3) is 1.50. The van der Waals surface area contributed by atoms with Crippen molar-refractivity contribution in [2.45, 2.75) is 12.5 Å². The molecule has 0 aromatic rings. The van der Waals surface area contributed by atoms with Gasteiger partial charge < -0.3 is 10.2 Å². The molecule has 1 aliphatic heterocycles. The molecule has 1 atom stereocenters. The predicted octanol–water partition coefficient (Wildman–Crippen LogP) is -0.0749. The van der Waals surface area contributed by atoms with Gasteiger partial charge in [0.2, 0.25) is 0 Å². The second-order valence-corrected chi connectivity index (χ2v) is 2.27. The Hall–Kier alpha value is -1.65. The quantitative estimate of drug-likeness (QED) is 0.605. The summed E-state index contributed by atoms with van der Waals surface area (Å²) in [4.78, 5) is 24.5. The van der Waals surface area contributed by atoms with Crippen molar-refractivity contribution in [3.05, 3.63) is 11.6 Å². The van der Waals surface area contributed by atoms with Crippen LogP contribution in [0.15, 0.2) is 16.6 Å². The average Bonchev–Trinajstić information content (AvgIpc) is 2.04. The van der Waals surface area contributed by atoms with E-state index in [0.29, 0.717) is 6.42 Å². The van der Waals surface area contributed by atoms with E-state index in [1.54, 1.807) is 0 Å². The van der Waals surface area contributed by atoms with Gasteiger partial charge in [-0.2, -0.15) is 0 Å². The lowest BCUT2D eigenvalue weighted by Gasteiger charge is -2.10. The minimum Gasteiger partial charge on any atom is -0.479 e. The first-order valence-corrected chi connectivity index (χ1v) is 3.30. The summed E-state index contributed by atoms with van der Waals surface area (Å²) in [6.07, 6.45) is 3.13. The van der Waals surface area contributed by atoms with E-state index in [1.807, 2.05) is 0 Å². The maximum absolute atomic E-state index is 10.5. The zero-order valence-corrected chi connectivity index (χ0v) is 6.10. The SMILES string of the molecule is O=C(O)C1=CCC=NC1C(=O)O. The van der Waals surface area contributed by atoms with Gasteiger partial charge in [-0.3, -0.25) is 4.99 Å². The van der Waals surface area contributed by atoms with Crippen LogP contribution in [0.5, 0.6) is 0 Å². The Balaban J connectivity index is 2.90. The van der Waals surface area contributed by atoms with Crippen molar-refractivity contribution in [3.8, 4) is 0 Å². The summed E-state index contributed by atoms with van der Waals surface area (Å²) in [6.45, 7) is 0. The van der Waals surface area contributed by atoms with Gasteiger partial charge in [0, 0.05) is 12.6 Å². The number of aliphatic carboxylic acids is 2. The minimum absolute atomic E-state index is 0.162. The molecule has 0 aromatic heterocycles. The molecular formula is C7H7NO4. The zero-order valence-electron chi connectivity index (χ0n) is 6.10. The zero-order chi connectivity index (χ0) is 9.14. The molecule has 0 fully saturated rings. The van der Waals surface area contributed by atoms with Crippen LogP contribution in [-0.2, 0) is 9.59 Å². The molecule has 0 spiro atoms. The van der Waals surface area contributed by atoms with Gasteiger partial charge in [-0.25, -0.2) is 9.59 Å². The van der Waals surface area contributed by atoms with Crippen molar-refractivity contribution >= 4 is 18.2 Å². The summed E-state index contributed by atoms with van der Waals surface area (Å²) in [7, 11) is 0. The molecule has 0 radical (unpaired) electrons. The number of allylic oxidation sites excluding steroid dienone is 1. The number of rotatable bonds is 2. The number of carboxylic acids is 2. The van der Waals surface area contributed by atoms with Gasteiger partial charge in [-0.15, -0.1) is 0 Å². The minimum atomic E-state index is -1.24. The number of hydrogen-bond acceptors (Lipinski definition) is 3. The van der Waals surface area contributed by atoms with Gasteiger partial charge in [-0.1, -0.05) is 6.08 Å². The fourth-order valence-electron chi connectivity index (χ4n) is 0.939. The largest absolute Gasteiger partial charge is 0.479 e. The van der Waals surface area contributed by atoms with Crippen molar-refractivity contribution in [1.82, 2.24) is 0 Å². The van der Waals surface area contributed by atoms with Gasteiger partial charge in [-0.05, 0) is 0 Å². The molecule has 1 heterocycles. The molecule has 64 valence electrons. The third-order valence-electron chi connectivity index (χ3n) is 1.47. The van der Waals surface area contributed by atoms with E-state index in [2.05, 4.69) is 4.99 Å². The first-order chi connectivity index (χ1) is 5.63. The Bertz CT molecular complexity index is 279. The van der Waals surface area contributed by atoms with E-state index >= 15 is 0 Å². The van der Waals surface area contributed by atoms with E-state index < -0.39 is 18.0 Å². The number of aliphatic imine (C=N–C) groups is 1. The second kappa shape index (κ2) is 3.17.